The minimum Gasteiger partial charge on any atom is -0.313 e. The Morgan fingerprint density at radius 2 is 2.28 bits per heavy atom. The zero-order chi connectivity index (χ0) is 13.2. The molecule has 1 saturated heterocycles. The minimum absolute atomic E-state index is 0.243. The van der Waals surface area contributed by atoms with E-state index < -0.39 is 10.0 Å². The van der Waals surface area contributed by atoms with Gasteiger partial charge in [0.1, 0.15) is 0 Å². The molecular formula is C12H17ClN2O2S. The molecule has 2 N–H and O–H groups in total. The predicted molar refractivity (Wildman–Crippen MR) is 72.4 cm³/mol. The molecule has 2 rings (SSSR count). The van der Waals surface area contributed by atoms with Gasteiger partial charge in [0.2, 0.25) is 10.0 Å². The molecule has 0 aliphatic carbocycles. The zero-order valence-corrected chi connectivity index (χ0v) is 11.8. The molecule has 0 bridgehead atoms. The Hall–Kier alpha value is -0.620. The van der Waals surface area contributed by atoms with Gasteiger partial charge in [-0.25, -0.2) is 13.1 Å². The van der Waals surface area contributed by atoms with Gasteiger partial charge in [0.15, 0.2) is 0 Å². The summed E-state index contributed by atoms with van der Waals surface area (Å²) in [4.78, 5) is 0.296. The number of halogens is 1. The zero-order valence-electron chi connectivity index (χ0n) is 10.2. The molecular weight excluding hydrogens is 272 g/mol. The lowest BCUT2D eigenvalue weighted by Gasteiger charge is -2.13. The van der Waals surface area contributed by atoms with Crippen LogP contribution in [0.3, 0.4) is 0 Å². The van der Waals surface area contributed by atoms with E-state index >= 15 is 0 Å². The van der Waals surface area contributed by atoms with Crippen molar-refractivity contribution in [2.75, 3.05) is 13.1 Å². The van der Waals surface area contributed by atoms with Crippen LogP contribution in [0.25, 0.3) is 0 Å². The third-order valence-electron chi connectivity index (χ3n) is 3.11. The largest absolute Gasteiger partial charge is 0.313 e. The van der Waals surface area contributed by atoms with Crippen molar-refractivity contribution >= 4 is 21.6 Å². The van der Waals surface area contributed by atoms with Crippen molar-refractivity contribution in [3.8, 4) is 0 Å². The molecule has 6 heteroatoms. The molecule has 1 heterocycles. The van der Waals surface area contributed by atoms with Gasteiger partial charge in [-0.2, -0.15) is 0 Å². The SMILES string of the molecule is Cc1cc(Cl)ccc1S(=O)(=O)NC[C@@H]1CCCN1. The van der Waals surface area contributed by atoms with Crippen LogP contribution in [0.15, 0.2) is 23.1 Å². The molecule has 1 aliphatic rings. The molecule has 4 nitrogen and oxygen atoms in total. The van der Waals surface area contributed by atoms with Gasteiger partial charge >= 0.3 is 0 Å². The normalized spacial score (nSPS) is 20.2. The average Bonchev–Trinajstić information content (AvgIpc) is 2.78. The lowest BCUT2D eigenvalue weighted by atomic mass is 10.2. The summed E-state index contributed by atoms with van der Waals surface area (Å²) >= 11 is 5.82. The molecule has 18 heavy (non-hydrogen) atoms. The number of benzene rings is 1. The second-order valence-corrected chi connectivity index (χ2v) is 6.73. The van der Waals surface area contributed by atoms with Crippen molar-refractivity contribution in [3.05, 3.63) is 28.8 Å². The minimum atomic E-state index is -3.44. The molecule has 1 aromatic carbocycles. The van der Waals surface area contributed by atoms with Gasteiger partial charge in [-0.3, -0.25) is 0 Å². The molecule has 1 aromatic rings. The van der Waals surface area contributed by atoms with E-state index in [2.05, 4.69) is 10.0 Å². The quantitative estimate of drug-likeness (QED) is 0.886. The van der Waals surface area contributed by atoms with E-state index in [0.717, 1.165) is 19.4 Å². The van der Waals surface area contributed by atoms with E-state index in [1.54, 1.807) is 25.1 Å². The topological polar surface area (TPSA) is 58.2 Å². The van der Waals surface area contributed by atoms with Gasteiger partial charge in [-0.05, 0) is 50.1 Å². The third-order valence-corrected chi connectivity index (χ3v) is 4.93. The van der Waals surface area contributed by atoms with Crippen molar-refractivity contribution in [2.24, 2.45) is 0 Å². The van der Waals surface area contributed by atoms with E-state index in [4.69, 9.17) is 11.6 Å². The predicted octanol–water partition coefficient (Wildman–Crippen LogP) is 1.68. The fraction of sp³-hybridized carbons (Fsp3) is 0.500. The summed E-state index contributed by atoms with van der Waals surface area (Å²) in [5, 5.41) is 3.80. The smallest absolute Gasteiger partial charge is 0.240 e. The lowest BCUT2D eigenvalue weighted by Crippen LogP contribution is -2.37. The molecule has 1 atom stereocenters. The Morgan fingerprint density at radius 1 is 1.50 bits per heavy atom. The van der Waals surface area contributed by atoms with Gasteiger partial charge in [0.05, 0.1) is 4.90 Å². The summed E-state index contributed by atoms with van der Waals surface area (Å²) in [7, 11) is -3.44. The third kappa shape index (κ3) is 3.23. The Balaban J connectivity index is 2.09. The van der Waals surface area contributed by atoms with Crippen LogP contribution in [0.4, 0.5) is 0 Å². The van der Waals surface area contributed by atoms with Crippen LogP contribution >= 0.6 is 11.6 Å². The molecule has 0 spiro atoms. The van der Waals surface area contributed by atoms with Crippen LogP contribution in [0.2, 0.25) is 5.02 Å². The van der Waals surface area contributed by atoms with Gasteiger partial charge < -0.3 is 5.32 Å². The van der Waals surface area contributed by atoms with Crippen molar-refractivity contribution in [1.29, 1.82) is 0 Å². The first-order valence-electron chi connectivity index (χ1n) is 5.98. The van der Waals surface area contributed by atoms with Crippen LogP contribution < -0.4 is 10.0 Å². The number of hydrogen-bond donors (Lipinski definition) is 2. The van der Waals surface area contributed by atoms with Crippen molar-refractivity contribution in [3.63, 3.8) is 0 Å². The summed E-state index contributed by atoms with van der Waals surface area (Å²) in [6.07, 6.45) is 2.12. The number of sulfonamides is 1. The summed E-state index contributed by atoms with van der Waals surface area (Å²) < 4.78 is 26.9. The molecule has 1 aliphatic heterocycles. The number of hydrogen-bond acceptors (Lipinski definition) is 3. The Labute approximate surface area is 113 Å². The lowest BCUT2D eigenvalue weighted by molar-refractivity contribution is 0.551. The van der Waals surface area contributed by atoms with Crippen LogP contribution in [0.1, 0.15) is 18.4 Å². The van der Waals surface area contributed by atoms with Crippen LogP contribution in [0.5, 0.6) is 0 Å². The first-order valence-corrected chi connectivity index (χ1v) is 7.84. The van der Waals surface area contributed by atoms with Gasteiger partial charge in [-0.15, -0.1) is 0 Å². The summed E-state index contributed by atoms with van der Waals surface area (Å²) in [5.41, 5.74) is 0.661. The Kier molecular flexibility index (Phi) is 4.27. The maximum atomic E-state index is 12.1. The van der Waals surface area contributed by atoms with Gasteiger partial charge in [0, 0.05) is 17.6 Å². The highest BCUT2D eigenvalue weighted by Crippen LogP contribution is 2.19. The molecule has 0 saturated carbocycles. The average molecular weight is 289 g/mol. The first-order chi connectivity index (χ1) is 8.49. The number of aryl methyl sites for hydroxylation is 1. The molecule has 0 amide bonds. The van der Waals surface area contributed by atoms with E-state index in [-0.39, 0.29) is 6.04 Å². The summed E-state index contributed by atoms with van der Waals surface area (Å²) in [6.45, 7) is 3.14. The highest BCUT2D eigenvalue weighted by atomic mass is 35.5. The number of rotatable bonds is 4. The first kappa shape index (κ1) is 13.8. The van der Waals surface area contributed by atoms with Crippen molar-refractivity contribution < 1.29 is 8.42 Å². The van der Waals surface area contributed by atoms with Gasteiger partial charge in [0.25, 0.3) is 0 Å². The van der Waals surface area contributed by atoms with Crippen molar-refractivity contribution in [2.45, 2.75) is 30.7 Å². The summed E-state index contributed by atoms with van der Waals surface area (Å²) in [6, 6.07) is 5.04. The Bertz CT molecular complexity index is 525. The monoisotopic (exact) mass is 288 g/mol. The maximum Gasteiger partial charge on any atom is 0.240 e. The fourth-order valence-corrected chi connectivity index (χ4v) is 3.67. The van der Waals surface area contributed by atoms with Crippen LogP contribution in [0, 0.1) is 6.92 Å². The maximum absolute atomic E-state index is 12.1. The molecule has 0 aromatic heterocycles. The second-order valence-electron chi connectivity index (χ2n) is 4.55. The van der Waals surface area contributed by atoms with E-state index in [1.165, 1.54) is 0 Å². The standard InChI is InChI=1S/C12H17ClN2O2S/c1-9-7-10(13)4-5-12(9)18(16,17)15-8-11-3-2-6-14-11/h4-5,7,11,14-15H,2-3,6,8H2,1H3/t11-/m0/s1. The summed E-state index contributed by atoms with van der Waals surface area (Å²) in [5.74, 6) is 0. The molecule has 0 radical (unpaired) electrons. The Morgan fingerprint density at radius 3 is 2.89 bits per heavy atom. The van der Waals surface area contributed by atoms with E-state index in [9.17, 15) is 8.42 Å². The van der Waals surface area contributed by atoms with E-state index in [0.29, 0.717) is 22.0 Å². The van der Waals surface area contributed by atoms with Gasteiger partial charge in [-0.1, -0.05) is 11.6 Å². The van der Waals surface area contributed by atoms with Crippen LogP contribution in [-0.2, 0) is 10.0 Å². The highest BCUT2D eigenvalue weighted by Gasteiger charge is 2.20. The highest BCUT2D eigenvalue weighted by molar-refractivity contribution is 7.89. The van der Waals surface area contributed by atoms with E-state index in [1.807, 2.05) is 0 Å². The molecule has 100 valence electrons. The second kappa shape index (κ2) is 5.57. The molecule has 1 fully saturated rings. The van der Waals surface area contributed by atoms with Crippen LogP contribution in [-0.4, -0.2) is 27.5 Å². The molecule has 0 unspecified atom stereocenters. The number of nitrogens with one attached hydrogen (secondary N) is 2. The fourth-order valence-electron chi connectivity index (χ4n) is 2.13. The van der Waals surface area contributed by atoms with Crippen molar-refractivity contribution in [1.82, 2.24) is 10.0 Å².